The Kier molecular flexibility index (Phi) is 3.66. The highest BCUT2D eigenvalue weighted by Crippen LogP contribution is 2.27. The lowest BCUT2D eigenvalue weighted by Gasteiger charge is -2.13. The second-order valence-corrected chi connectivity index (χ2v) is 6.05. The average molecular weight is 309 g/mol. The van der Waals surface area contributed by atoms with Crippen LogP contribution in [0.3, 0.4) is 0 Å². The van der Waals surface area contributed by atoms with Gasteiger partial charge in [0.1, 0.15) is 12.4 Å². The lowest BCUT2D eigenvalue weighted by Crippen LogP contribution is -2.26. The van der Waals surface area contributed by atoms with E-state index in [0.717, 1.165) is 17.9 Å². The molecule has 1 aliphatic heterocycles. The summed E-state index contributed by atoms with van der Waals surface area (Å²) in [6, 6.07) is 15.8. The minimum Gasteiger partial charge on any atom is -0.490 e. The zero-order valence-electron chi connectivity index (χ0n) is 12.9. The molecular weight excluding hydrogens is 290 g/mol. The molecule has 23 heavy (non-hydrogen) atoms. The van der Waals surface area contributed by atoms with Gasteiger partial charge in [-0.1, -0.05) is 24.3 Å². The molecular formula is C19H19NO3. The van der Waals surface area contributed by atoms with E-state index in [4.69, 9.17) is 9.47 Å². The van der Waals surface area contributed by atoms with Crippen molar-refractivity contribution < 1.29 is 14.3 Å². The molecule has 2 aromatic rings. The second kappa shape index (κ2) is 5.95. The van der Waals surface area contributed by atoms with Crippen molar-refractivity contribution in [3.63, 3.8) is 0 Å². The molecule has 0 bridgehead atoms. The van der Waals surface area contributed by atoms with Gasteiger partial charge in [0.05, 0.1) is 6.54 Å². The summed E-state index contributed by atoms with van der Waals surface area (Å²) < 4.78 is 11.2. The zero-order chi connectivity index (χ0) is 15.6. The SMILES string of the molecule is O=C1OC(COc2ccc3c(c2)CCC3)CN1c1ccccc1. The zero-order valence-corrected chi connectivity index (χ0v) is 12.9. The summed E-state index contributed by atoms with van der Waals surface area (Å²) in [7, 11) is 0. The van der Waals surface area contributed by atoms with Crippen LogP contribution in [0.5, 0.6) is 5.75 Å². The monoisotopic (exact) mass is 309 g/mol. The number of para-hydroxylation sites is 1. The molecule has 4 heteroatoms. The van der Waals surface area contributed by atoms with Crippen molar-refractivity contribution in [1.82, 2.24) is 0 Å². The van der Waals surface area contributed by atoms with Crippen molar-refractivity contribution in [3.8, 4) is 5.75 Å². The van der Waals surface area contributed by atoms with Crippen LogP contribution in [-0.2, 0) is 17.6 Å². The number of fused-ring (bicyclic) bond motifs is 1. The van der Waals surface area contributed by atoms with Crippen LogP contribution in [0.2, 0.25) is 0 Å². The van der Waals surface area contributed by atoms with E-state index in [9.17, 15) is 4.79 Å². The lowest BCUT2D eigenvalue weighted by atomic mass is 10.1. The largest absolute Gasteiger partial charge is 0.490 e. The van der Waals surface area contributed by atoms with Gasteiger partial charge in [-0.25, -0.2) is 4.79 Å². The van der Waals surface area contributed by atoms with Crippen molar-refractivity contribution in [3.05, 3.63) is 59.7 Å². The number of hydrogen-bond acceptors (Lipinski definition) is 3. The van der Waals surface area contributed by atoms with Gasteiger partial charge in [-0.15, -0.1) is 0 Å². The normalized spacial score (nSPS) is 19.6. The first kappa shape index (κ1) is 14.1. The molecule has 1 fully saturated rings. The van der Waals surface area contributed by atoms with Gasteiger partial charge in [-0.05, 0) is 54.7 Å². The summed E-state index contributed by atoms with van der Waals surface area (Å²) in [6.07, 6.45) is 2.98. The molecule has 0 spiro atoms. The summed E-state index contributed by atoms with van der Waals surface area (Å²) in [4.78, 5) is 13.6. The molecule has 4 rings (SSSR count). The highest BCUT2D eigenvalue weighted by Gasteiger charge is 2.32. The summed E-state index contributed by atoms with van der Waals surface area (Å²) in [6.45, 7) is 0.904. The van der Waals surface area contributed by atoms with E-state index >= 15 is 0 Å². The van der Waals surface area contributed by atoms with E-state index < -0.39 is 0 Å². The molecule has 4 nitrogen and oxygen atoms in total. The number of benzene rings is 2. The fourth-order valence-electron chi connectivity index (χ4n) is 3.25. The summed E-state index contributed by atoms with van der Waals surface area (Å²) >= 11 is 0. The van der Waals surface area contributed by atoms with Crippen LogP contribution >= 0.6 is 0 Å². The fraction of sp³-hybridized carbons (Fsp3) is 0.316. The summed E-state index contributed by atoms with van der Waals surface area (Å²) in [5.41, 5.74) is 3.68. The standard InChI is InChI=1S/C19H19NO3/c21-19-20(16-7-2-1-3-8-16)12-18(23-19)13-22-17-10-9-14-5-4-6-15(14)11-17/h1-3,7-11,18H,4-6,12-13H2. The van der Waals surface area contributed by atoms with Gasteiger partial charge < -0.3 is 9.47 Å². The van der Waals surface area contributed by atoms with Crippen LogP contribution in [0.1, 0.15) is 17.5 Å². The van der Waals surface area contributed by atoms with Crippen LogP contribution < -0.4 is 9.64 Å². The highest BCUT2D eigenvalue weighted by atomic mass is 16.6. The van der Waals surface area contributed by atoms with Crippen LogP contribution in [0.15, 0.2) is 48.5 Å². The second-order valence-electron chi connectivity index (χ2n) is 6.05. The first-order valence-corrected chi connectivity index (χ1v) is 8.07. The molecule has 0 radical (unpaired) electrons. The van der Waals surface area contributed by atoms with E-state index in [0.29, 0.717) is 13.2 Å². The van der Waals surface area contributed by atoms with Crippen LogP contribution in [0.25, 0.3) is 0 Å². The number of aryl methyl sites for hydroxylation is 2. The molecule has 118 valence electrons. The topological polar surface area (TPSA) is 38.8 Å². The maximum Gasteiger partial charge on any atom is 0.414 e. The number of hydrogen-bond donors (Lipinski definition) is 0. The van der Waals surface area contributed by atoms with Crippen LogP contribution in [0, 0.1) is 0 Å². The molecule has 1 unspecified atom stereocenters. The van der Waals surface area contributed by atoms with Gasteiger partial charge in [-0.2, -0.15) is 0 Å². The molecule has 0 saturated carbocycles. The predicted octanol–water partition coefficient (Wildman–Crippen LogP) is 3.58. The average Bonchev–Trinajstić information content (AvgIpc) is 3.19. The van der Waals surface area contributed by atoms with Gasteiger partial charge in [0.25, 0.3) is 0 Å². The molecule has 0 aromatic heterocycles. The Hall–Kier alpha value is -2.49. The Bertz CT molecular complexity index is 714. The molecule has 0 N–H and O–H groups in total. The van der Waals surface area contributed by atoms with Crippen molar-refractivity contribution in [1.29, 1.82) is 0 Å². The molecule has 1 saturated heterocycles. The molecule has 1 aliphatic carbocycles. The summed E-state index contributed by atoms with van der Waals surface area (Å²) in [5, 5.41) is 0. The van der Waals surface area contributed by atoms with E-state index in [2.05, 4.69) is 12.1 Å². The van der Waals surface area contributed by atoms with Gasteiger partial charge in [0.15, 0.2) is 6.10 Å². The number of cyclic esters (lactones) is 1. The van der Waals surface area contributed by atoms with E-state index in [1.54, 1.807) is 4.90 Å². The molecule has 2 aliphatic rings. The first-order valence-electron chi connectivity index (χ1n) is 8.07. The van der Waals surface area contributed by atoms with Gasteiger partial charge >= 0.3 is 6.09 Å². The van der Waals surface area contributed by atoms with Crippen LogP contribution in [-0.4, -0.2) is 25.3 Å². The minimum absolute atomic E-state index is 0.240. The Morgan fingerprint density at radius 2 is 1.91 bits per heavy atom. The van der Waals surface area contributed by atoms with Gasteiger partial charge in [-0.3, -0.25) is 4.90 Å². The third kappa shape index (κ3) is 2.89. The predicted molar refractivity (Wildman–Crippen MR) is 88.0 cm³/mol. The Balaban J connectivity index is 1.38. The van der Waals surface area contributed by atoms with E-state index in [1.807, 2.05) is 36.4 Å². The molecule has 1 amide bonds. The van der Waals surface area contributed by atoms with Crippen molar-refractivity contribution >= 4 is 11.8 Å². The quantitative estimate of drug-likeness (QED) is 0.866. The smallest absolute Gasteiger partial charge is 0.414 e. The number of carbonyl (C=O) groups excluding carboxylic acids is 1. The van der Waals surface area contributed by atoms with Gasteiger partial charge in [0, 0.05) is 5.69 Å². The number of anilines is 1. The molecule has 1 heterocycles. The maximum absolute atomic E-state index is 12.0. The third-order valence-electron chi connectivity index (χ3n) is 4.45. The maximum atomic E-state index is 12.0. The third-order valence-corrected chi connectivity index (χ3v) is 4.45. The lowest BCUT2D eigenvalue weighted by molar-refractivity contribution is 0.105. The number of rotatable bonds is 4. The van der Waals surface area contributed by atoms with E-state index in [-0.39, 0.29) is 12.2 Å². The number of amides is 1. The number of ether oxygens (including phenoxy) is 2. The van der Waals surface area contributed by atoms with Crippen LogP contribution in [0.4, 0.5) is 10.5 Å². The van der Waals surface area contributed by atoms with Gasteiger partial charge in [0.2, 0.25) is 0 Å². The van der Waals surface area contributed by atoms with Crippen molar-refractivity contribution in [2.45, 2.75) is 25.4 Å². The minimum atomic E-state index is -0.307. The number of carbonyl (C=O) groups is 1. The summed E-state index contributed by atoms with van der Waals surface area (Å²) in [5.74, 6) is 0.861. The highest BCUT2D eigenvalue weighted by molar-refractivity contribution is 5.89. The Morgan fingerprint density at radius 1 is 1.09 bits per heavy atom. The molecule has 1 atom stereocenters. The van der Waals surface area contributed by atoms with E-state index in [1.165, 1.54) is 24.0 Å². The first-order chi connectivity index (χ1) is 11.3. The molecule has 2 aromatic carbocycles. The van der Waals surface area contributed by atoms with Crippen molar-refractivity contribution in [2.24, 2.45) is 0 Å². The Labute approximate surface area is 135 Å². The number of nitrogens with zero attached hydrogens (tertiary/aromatic N) is 1. The Morgan fingerprint density at radius 3 is 2.78 bits per heavy atom. The van der Waals surface area contributed by atoms with Crippen molar-refractivity contribution in [2.75, 3.05) is 18.1 Å². The fourth-order valence-corrected chi connectivity index (χ4v) is 3.25.